The van der Waals surface area contributed by atoms with Crippen LogP contribution in [-0.4, -0.2) is 7.85 Å². The smallest absolute Gasteiger partial charge is 0.130 e. The van der Waals surface area contributed by atoms with E-state index in [0.29, 0.717) is 0 Å². The molecule has 0 bridgehead atoms. The minimum absolute atomic E-state index is 0.789. The maximum absolute atomic E-state index is 5.97. The largest absolute Gasteiger partial charge is 0.457 e. The quantitative estimate of drug-likeness (QED) is 0.741. The fourth-order valence-corrected chi connectivity index (χ4v) is 2.00. The van der Waals surface area contributed by atoms with Crippen LogP contribution in [0.5, 0.6) is 11.5 Å². The third-order valence-electron chi connectivity index (χ3n) is 3.06. The molecule has 2 radical (unpaired) electrons. The van der Waals surface area contributed by atoms with Gasteiger partial charge in [0.1, 0.15) is 19.3 Å². The molecular weight excluding hydrogens is 219 g/mol. The van der Waals surface area contributed by atoms with Gasteiger partial charge in [0.25, 0.3) is 0 Å². The Bertz CT molecular complexity index is 561. The predicted octanol–water partition coefficient (Wildman–Crippen LogP) is 3.45. The molecule has 0 amide bonds. The van der Waals surface area contributed by atoms with E-state index in [0.717, 1.165) is 34.5 Å². The minimum atomic E-state index is 0.789. The Labute approximate surface area is 110 Å². The lowest BCUT2D eigenvalue weighted by atomic mass is 9.89. The van der Waals surface area contributed by atoms with Crippen molar-refractivity contribution in [3.05, 3.63) is 53.1 Å². The van der Waals surface area contributed by atoms with Crippen molar-refractivity contribution >= 4 is 13.3 Å². The standard InChI is InChI=1S/C16H17BO/c1-4-13-6-7-14(10-15(13)17)18-16-8-5-11(2)9-12(16)3/h5-10H,4H2,1-3H3. The molecule has 2 aromatic carbocycles. The van der Waals surface area contributed by atoms with E-state index in [1.807, 2.05) is 37.3 Å². The molecule has 2 aromatic rings. The molecule has 0 aliphatic carbocycles. The van der Waals surface area contributed by atoms with Crippen molar-refractivity contribution in [2.24, 2.45) is 0 Å². The van der Waals surface area contributed by atoms with Crippen LogP contribution in [0.1, 0.15) is 23.6 Å². The van der Waals surface area contributed by atoms with Crippen molar-refractivity contribution < 1.29 is 4.74 Å². The molecule has 0 spiro atoms. The zero-order valence-electron chi connectivity index (χ0n) is 11.2. The Hall–Kier alpha value is -1.70. The highest BCUT2D eigenvalue weighted by molar-refractivity contribution is 6.33. The summed E-state index contributed by atoms with van der Waals surface area (Å²) >= 11 is 0. The fraction of sp³-hybridized carbons (Fsp3) is 0.250. The van der Waals surface area contributed by atoms with Gasteiger partial charge in [-0.2, -0.15) is 0 Å². The van der Waals surface area contributed by atoms with Gasteiger partial charge in [-0.1, -0.05) is 41.7 Å². The maximum atomic E-state index is 5.97. The SMILES string of the molecule is [B]c1cc(Oc2ccc(C)cc2C)ccc1CC. The van der Waals surface area contributed by atoms with E-state index >= 15 is 0 Å². The highest BCUT2D eigenvalue weighted by Crippen LogP contribution is 2.25. The Balaban J connectivity index is 2.26. The molecule has 1 nitrogen and oxygen atoms in total. The molecule has 18 heavy (non-hydrogen) atoms. The van der Waals surface area contributed by atoms with Crippen molar-refractivity contribution in [2.75, 3.05) is 0 Å². The van der Waals surface area contributed by atoms with Gasteiger partial charge in [-0.15, -0.1) is 0 Å². The van der Waals surface area contributed by atoms with Crippen molar-refractivity contribution in [2.45, 2.75) is 27.2 Å². The van der Waals surface area contributed by atoms with Gasteiger partial charge in [0, 0.05) is 0 Å². The van der Waals surface area contributed by atoms with E-state index in [9.17, 15) is 0 Å². The summed E-state index contributed by atoms with van der Waals surface area (Å²) < 4.78 is 5.86. The van der Waals surface area contributed by atoms with Gasteiger partial charge < -0.3 is 4.74 Å². The summed E-state index contributed by atoms with van der Waals surface area (Å²) in [7, 11) is 5.97. The first kappa shape index (κ1) is 12.8. The number of benzene rings is 2. The molecule has 0 aromatic heterocycles. The Morgan fingerprint density at radius 3 is 2.44 bits per heavy atom. The Morgan fingerprint density at radius 1 is 1.06 bits per heavy atom. The fourth-order valence-electron chi connectivity index (χ4n) is 2.00. The second kappa shape index (κ2) is 5.30. The summed E-state index contributed by atoms with van der Waals surface area (Å²) in [5.74, 6) is 1.67. The second-order valence-corrected chi connectivity index (χ2v) is 4.59. The summed E-state index contributed by atoms with van der Waals surface area (Å²) in [5, 5.41) is 0. The topological polar surface area (TPSA) is 9.23 Å². The summed E-state index contributed by atoms with van der Waals surface area (Å²) in [6.45, 7) is 6.22. The summed E-state index contributed by atoms with van der Waals surface area (Å²) in [5.41, 5.74) is 4.32. The van der Waals surface area contributed by atoms with E-state index in [1.54, 1.807) is 0 Å². The minimum Gasteiger partial charge on any atom is -0.457 e. The first-order valence-electron chi connectivity index (χ1n) is 6.23. The van der Waals surface area contributed by atoms with Gasteiger partial charge >= 0.3 is 0 Å². The second-order valence-electron chi connectivity index (χ2n) is 4.59. The first-order chi connectivity index (χ1) is 8.60. The molecule has 0 aliphatic rings. The van der Waals surface area contributed by atoms with Crippen LogP contribution in [0.25, 0.3) is 0 Å². The van der Waals surface area contributed by atoms with Crippen LogP contribution in [0.4, 0.5) is 0 Å². The van der Waals surface area contributed by atoms with Gasteiger partial charge in [0.15, 0.2) is 0 Å². The molecule has 2 heteroatoms. The zero-order chi connectivity index (χ0) is 13.1. The molecule has 90 valence electrons. The number of hydrogen-bond acceptors (Lipinski definition) is 1. The van der Waals surface area contributed by atoms with Gasteiger partial charge in [0.05, 0.1) is 0 Å². The van der Waals surface area contributed by atoms with E-state index in [1.165, 1.54) is 5.56 Å². The number of ether oxygens (including phenoxy) is 1. The summed E-state index contributed by atoms with van der Waals surface area (Å²) in [6, 6.07) is 12.0. The van der Waals surface area contributed by atoms with Crippen molar-refractivity contribution in [1.29, 1.82) is 0 Å². The molecule has 0 fully saturated rings. The molecule has 0 saturated carbocycles. The molecule has 0 saturated heterocycles. The van der Waals surface area contributed by atoms with Crippen LogP contribution in [-0.2, 0) is 6.42 Å². The van der Waals surface area contributed by atoms with Crippen LogP contribution < -0.4 is 10.2 Å². The Kier molecular flexibility index (Phi) is 3.76. The third kappa shape index (κ3) is 2.76. The van der Waals surface area contributed by atoms with E-state index in [4.69, 9.17) is 12.6 Å². The zero-order valence-corrected chi connectivity index (χ0v) is 11.2. The normalized spacial score (nSPS) is 10.4. The molecular formula is C16H17BO. The average molecular weight is 236 g/mol. The highest BCUT2D eigenvalue weighted by atomic mass is 16.5. The van der Waals surface area contributed by atoms with E-state index < -0.39 is 0 Å². The van der Waals surface area contributed by atoms with Crippen LogP contribution in [0, 0.1) is 13.8 Å². The molecule has 0 heterocycles. The monoisotopic (exact) mass is 236 g/mol. The molecule has 0 aliphatic heterocycles. The Morgan fingerprint density at radius 2 is 1.83 bits per heavy atom. The van der Waals surface area contributed by atoms with Gasteiger partial charge in [-0.05, 0) is 44.0 Å². The third-order valence-corrected chi connectivity index (χ3v) is 3.06. The predicted molar refractivity (Wildman–Crippen MR) is 77.2 cm³/mol. The van der Waals surface area contributed by atoms with Crippen molar-refractivity contribution in [1.82, 2.24) is 0 Å². The molecule has 0 atom stereocenters. The number of hydrogen-bond donors (Lipinski definition) is 0. The van der Waals surface area contributed by atoms with Gasteiger partial charge in [-0.25, -0.2) is 0 Å². The maximum Gasteiger partial charge on any atom is 0.130 e. The highest BCUT2D eigenvalue weighted by Gasteiger charge is 2.03. The van der Waals surface area contributed by atoms with Crippen LogP contribution in [0.15, 0.2) is 36.4 Å². The first-order valence-corrected chi connectivity index (χ1v) is 6.23. The van der Waals surface area contributed by atoms with Crippen molar-refractivity contribution in [3.8, 4) is 11.5 Å². The summed E-state index contributed by atoms with van der Waals surface area (Å²) in [4.78, 5) is 0. The lowest BCUT2D eigenvalue weighted by Gasteiger charge is -2.11. The molecule has 2 rings (SSSR count). The van der Waals surface area contributed by atoms with Crippen molar-refractivity contribution in [3.63, 3.8) is 0 Å². The number of rotatable bonds is 3. The lowest BCUT2D eigenvalue weighted by Crippen LogP contribution is -2.09. The van der Waals surface area contributed by atoms with Crippen LogP contribution in [0.3, 0.4) is 0 Å². The van der Waals surface area contributed by atoms with Crippen LogP contribution in [0.2, 0.25) is 0 Å². The summed E-state index contributed by atoms with van der Waals surface area (Å²) in [6.07, 6.45) is 0.940. The molecule has 0 unspecified atom stereocenters. The van der Waals surface area contributed by atoms with E-state index in [2.05, 4.69) is 19.9 Å². The van der Waals surface area contributed by atoms with Gasteiger partial charge in [0.2, 0.25) is 0 Å². The molecule has 0 N–H and O–H groups in total. The van der Waals surface area contributed by atoms with E-state index in [-0.39, 0.29) is 0 Å². The van der Waals surface area contributed by atoms with Gasteiger partial charge in [-0.3, -0.25) is 0 Å². The lowest BCUT2D eigenvalue weighted by molar-refractivity contribution is 0.479. The number of aryl methyl sites for hydroxylation is 3. The van der Waals surface area contributed by atoms with Crippen LogP contribution >= 0.6 is 0 Å². The average Bonchev–Trinajstić information content (AvgIpc) is 2.33.